The third-order valence-electron chi connectivity index (χ3n) is 6.95. The fourth-order valence-electron chi connectivity index (χ4n) is 4.95. The van der Waals surface area contributed by atoms with E-state index in [9.17, 15) is 4.79 Å². The summed E-state index contributed by atoms with van der Waals surface area (Å²) in [6.45, 7) is 7.77. The number of rotatable bonds is 6. The third-order valence-corrected chi connectivity index (χ3v) is 6.95. The van der Waals surface area contributed by atoms with E-state index in [-0.39, 0.29) is 17.7 Å². The van der Waals surface area contributed by atoms with Crippen LogP contribution in [-0.4, -0.2) is 41.6 Å². The van der Waals surface area contributed by atoms with E-state index < -0.39 is 0 Å². The van der Waals surface area contributed by atoms with E-state index in [1.165, 1.54) is 12.8 Å². The lowest BCUT2D eigenvalue weighted by Crippen LogP contribution is -2.40. The number of nitrogens with two attached hydrogens (primary N) is 1. The Bertz CT molecular complexity index is 998. The van der Waals surface area contributed by atoms with Gasteiger partial charge in [-0.15, -0.1) is 0 Å². The fourth-order valence-corrected chi connectivity index (χ4v) is 4.95. The van der Waals surface area contributed by atoms with Gasteiger partial charge in [-0.2, -0.15) is 0 Å². The highest BCUT2D eigenvalue weighted by Gasteiger charge is 2.27. The van der Waals surface area contributed by atoms with Crippen LogP contribution in [-0.2, 0) is 11.3 Å². The van der Waals surface area contributed by atoms with Crippen molar-refractivity contribution in [3.05, 3.63) is 47.8 Å². The van der Waals surface area contributed by atoms with Gasteiger partial charge in [0.05, 0.1) is 0 Å². The van der Waals surface area contributed by atoms with Crippen molar-refractivity contribution in [2.75, 3.05) is 19.8 Å². The monoisotopic (exact) mass is 463 g/mol. The van der Waals surface area contributed by atoms with Crippen LogP contribution in [0.2, 0.25) is 0 Å². The molecule has 0 aliphatic heterocycles. The lowest BCUT2D eigenvalue weighted by atomic mass is 9.73. The van der Waals surface area contributed by atoms with E-state index in [0.717, 1.165) is 54.8 Å². The van der Waals surface area contributed by atoms with Gasteiger partial charge in [0.25, 0.3) is 5.91 Å². The van der Waals surface area contributed by atoms with Crippen LogP contribution in [0.15, 0.2) is 36.7 Å². The number of aromatic nitrogens is 1. The summed E-state index contributed by atoms with van der Waals surface area (Å²) in [6, 6.07) is 7.73. The van der Waals surface area contributed by atoms with Gasteiger partial charge < -0.3 is 16.0 Å². The number of carbonyl (C=O) groups excluding carboxylic acids is 1. The van der Waals surface area contributed by atoms with Gasteiger partial charge in [0.2, 0.25) is 0 Å². The van der Waals surface area contributed by atoms with Crippen molar-refractivity contribution < 1.29 is 4.79 Å². The maximum absolute atomic E-state index is 13.0. The number of nitrogens with one attached hydrogen (secondary N) is 2. The Morgan fingerprint density at radius 3 is 2.38 bits per heavy atom. The number of anilines is 1. The molecule has 4 N–H and O–H groups in total. The van der Waals surface area contributed by atoms with Crippen LogP contribution in [0.5, 0.6) is 0 Å². The Morgan fingerprint density at radius 1 is 1.09 bits per heavy atom. The van der Waals surface area contributed by atoms with Crippen molar-refractivity contribution >= 4 is 17.3 Å². The topological polar surface area (TPSA) is 95.1 Å². The Kier molecular flexibility index (Phi) is 8.47. The molecule has 0 bridgehead atoms. The SMILES string of the molecule is CN(C)Cc1cncc(-c2ccc(N)c(C(=N)C(=O)NC3CCCC(C(C)(C)C)CCC3)c2)c1. The molecule has 1 amide bonds. The zero-order valence-corrected chi connectivity index (χ0v) is 21.4. The van der Waals surface area contributed by atoms with Crippen LogP contribution in [0, 0.1) is 16.7 Å². The van der Waals surface area contributed by atoms with E-state index in [1.54, 1.807) is 12.3 Å². The zero-order valence-electron chi connectivity index (χ0n) is 21.4. The van der Waals surface area contributed by atoms with E-state index in [2.05, 4.69) is 42.0 Å². The summed E-state index contributed by atoms with van der Waals surface area (Å²) >= 11 is 0. The first kappa shape index (κ1) is 25.9. The second-order valence-corrected chi connectivity index (χ2v) is 11.1. The maximum atomic E-state index is 13.0. The molecule has 1 aliphatic carbocycles. The Hall–Kier alpha value is -2.73. The van der Waals surface area contributed by atoms with Gasteiger partial charge >= 0.3 is 0 Å². The standard InChI is InChI=1S/C28H41N5O/c1-28(2,3)22-8-6-10-23(11-7-9-22)32-27(34)26(30)24-15-20(12-13-25(24)29)21-14-19(16-31-17-21)18-33(4)5/h12-17,22-23,30H,6-11,18,29H2,1-5H3,(H,32,34). The molecule has 1 fully saturated rings. The number of benzene rings is 1. The molecule has 1 aromatic heterocycles. The molecule has 3 rings (SSSR count). The van der Waals surface area contributed by atoms with Gasteiger partial charge in [-0.3, -0.25) is 15.2 Å². The van der Waals surface area contributed by atoms with Gasteiger partial charge in [0.15, 0.2) is 0 Å². The summed E-state index contributed by atoms with van der Waals surface area (Å²) in [6.07, 6.45) is 10.2. The van der Waals surface area contributed by atoms with Crippen LogP contribution in [0.1, 0.15) is 70.4 Å². The number of pyridine rings is 1. The zero-order chi connectivity index (χ0) is 24.9. The number of carbonyl (C=O) groups is 1. The maximum Gasteiger partial charge on any atom is 0.270 e. The fraction of sp³-hybridized carbons (Fsp3) is 0.536. The molecule has 2 aromatic rings. The van der Waals surface area contributed by atoms with Crippen molar-refractivity contribution in [3.63, 3.8) is 0 Å². The van der Waals surface area contributed by atoms with Gasteiger partial charge in [-0.25, -0.2) is 0 Å². The molecule has 1 aromatic carbocycles. The minimum absolute atomic E-state index is 0.0774. The molecule has 1 aliphatic rings. The summed E-state index contributed by atoms with van der Waals surface area (Å²) in [5.74, 6) is 0.386. The molecule has 0 radical (unpaired) electrons. The number of hydrogen-bond acceptors (Lipinski definition) is 5. The molecule has 34 heavy (non-hydrogen) atoms. The quantitative estimate of drug-likeness (QED) is 0.402. The van der Waals surface area contributed by atoms with Gasteiger partial charge in [-0.1, -0.05) is 39.7 Å². The Balaban J connectivity index is 1.69. The van der Waals surface area contributed by atoms with Crippen molar-refractivity contribution in [2.45, 2.75) is 71.9 Å². The highest BCUT2D eigenvalue weighted by Crippen LogP contribution is 2.36. The number of nitrogen functional groups attached to an aromatic ring is 1. The van der Waals surface area contributed by atoms with E-state index in [1.807, 2.05) is 32.4 Å². The predicted octanol–water partition coefficient (Wildman–Crippen LogP) is 5.26. The van der Waals surface area contributed by atoms with E-state index >= 15 is 0 Å². The molecular weight excluding hydrogens is 422 g/mol. The van der Waals surface area contributed by atoms with Crippen molar-refractivity contribution in [1.29, 1.82) is 5.41 Å². The number of nitrogens with zero attached hydrogens (tertiary/aromatic N) is 2. The Labute approximate surface area is 204 Å². The first-order chi connectivity index (χ1) is 16.0. The normalized spacial score (nSPS) is 19.4. The van der Waals surface area contributed by atoms with E-state index in [4.69, 9.17) is 11.1 Å². The second-order valence-electron chi connectivity index (χ2n) is 11.1. The van der Waals surface area contributed by atoms with Crippen molar-refractivity contribution in [1.82, 2.24) is 15.2 Å². The molecular formula is C28H41N5O. The highest BCUT2D eigenvalue weighted by molar-refractivity contribution is 6.45. The molecule has 1 heterocycles. The smallest absolute Gasteiger partial charge is 0.270 e. The number of hydrogen-bond donors (Lipinski definition) is 3. The third kappa shape index (κ3) is 6.89. The van der Waals surface area contributed by atoms with Crippen LogP contribution < -0.4 is 11.1 Å². The summed E-state index contributed by atoms with van der Waals surface area (Å²) < 4.78 is 0. The summed E-state index contributed by atoms with van der Waals surface area (Å²) in [4.78, 5) is 19.5. The second kappa shape index (κ2) is 11.1. The minimum atomic E-state index is -0.346. The summed E-state index contributed by atoms with van der Waals surface area (Å²) in [7, 11) is 4.04. The van der Waals surface area contributed by atoms with Crippen LogP contribution >= 0.6 is 0 Å². The molecule has 1 saturated carbocycles. The lowest BCUT2D eigenvalue weighted by Gasteiger charge is -2.34. The molecule has 0 spiro atoms. The van der Waals surface area contributed by atoms with Crippen molar-refractivity contribution in [3.8, 4) is 11.1 Å². The van der Waals surface area contributed by atoms with Gasteiger partial charge in [0, 0.05) is 41.8 Å². The van der Waals surface area contributed by atoms with Crippen LogP contribution in [0.3, 0.4) is 0 Å². The van der Waals surface area contributed by atoms with Gasteiger partial charge in [0.1, 0.15) is 5.71 Å². The largest absolute Gasteiger partial charge is 0.398 e. The lowest BCUT2D eigenvalue weighted by molar-refractivity contribution is -0.115. The molecule has 6 nitrogen and oxygen atoms in total. The first-order valence-electron chi connectivity index (χ1n) is 12.4. The molecule has 0 unspecified atom stereocenters. The van der Waals surface area contributed by atoms with Crippen LogP contribution in [0.25, 0.3) is 11.1 Å². The summed E-state index contributed by atoms with van der Waals surface area (Å²) in [5, 5.41) is 11.7. The predicted molar refractivity (Wildman–Crippen MR) is 141 cm³/mol. The Morgan fingerprint density at radius 2 is 1.76 bits per heavy atom. The highest BCUT2D eigenvalue weighted by atomic mass is 16.1. The van der Waals surface area contributed by atoms with E-state index in [0.29, 0.717) is 16.7 Å². The minimum Gasteiger partial charge on any atom is -0.398 e. The molecule has 6 heteroatoms. The first-order valence-corrected chi connectivity index (χ1v) is 12.4. The van der Waals surface area contributed by atoms with Gasteiger partial charge in [-0.05, 0) is 80.4 Å². The summed E-state index contributed by atoms with van der Waals surface area (Å²) in [5.41, 5.74) is 10.3. The molecule has 184 valence electrons. The average Bonchev–Trinajstić information content (AvgIpc) is 2.74. The molecule has 0 atom stereocenters. The molecule has 0 saturated heterocycles. The van der Waals surface area contributed by atoms with Crippen LogP contribution in [0.4, 0.5) is 5.69 Å². The van der Waals surface area contributed by atoms with Crippen molar-refractivity contribution in [2.24, 2.45) is 11.3 Å². The average molecular weight is 464 g/mol. The number of amides is 1.